The SMILES string of the molecule is CCOc1cc(CNCc2ccc(C(=O)O)cc2)c(Br)cc1OCC(=O)NC(C)(C)C. The van der Waals surface area contributed by atoms with Gasteiger partial charge in [-0.15, -0.1) is 0 Å². The van der Waals surface area contributed by atoms with E-state index < -0.39 is 5.97 Å². The second-order valence-corrected chi connectivity index (χ2v) is 8.87. The Morgan fingerprint density at radius 2 is 1.68 bits per heavy atom. The molecule has 0 saturated carbocycles. The van der Waals surface area contributed by atoms with Crippen LogP contribution in [-0.2, 0) is 17.9 Å². The Balaban J connectivity index is 2.01. The Morgan fingerprint density at radius 3 is 2.26 bits per heavy atom. The van der Waals surface area contributed by atoms with Crippen molar-refractivity contribution >= 4 is 27.8 Å². The molecule has 0 aliphatic rings. The number of aromatic carboxylic acids is 1. The lowest BCUT2D eigenvalue weighted by Crippen LogP contribution is -2.43. The molecule has 0 atom stereocenters. The number of ether oxygens (including phenoxy) is 2. The van der Waals surface area contributed by atoms with E-state index in [4.69, 9.17) is 14.6 Å². The third-order valence-corrected chi connectivity index (χ3v) is 4.87. The van der Waals surface area contributed by atoms with Crippen molar-refractivity contribution in [1.82, 2.24) is 10.6 Å². The summed E-state index contributed by atoms with van der Waals surface area (Å²) in [6, 6.07) is 10.4. The van der Waals surface area contributed by atoms with Gasteiger partial charge in [-0.05, 0) is 63.1 Å². The molecule has 0 aliphatic heterocycles. The summed E-state index contributed by atoms with van der Waals surface area (Å²) in [6.07, 6.45) is 0. The highest BCUT2D eigenvalue weighted by Crippen LogP contribution is 2.34. The summed E-state index contributed by atoms with van der Waals surface area (Å²) in [5, 5.41) is 15.2. The van der Waals surface area contributed by atoms with Crippen LogP contribution in [0.25, 0.3) is 0 Å². The number of carboxylic acid groups (broad SMARTS) is 1. The molecule has 0 bridgehead atoms. The minimum atomic E-state index is -0.940. The number of hydrogen-bond acceptors (Lipinski definition) is 5. The van der Waals surface area contributed by atoms with Crippen molar-refractivity contribution in [3.63, 3.8) is 0 Å². The Morgan fingerprint density at radius 1 is 1.03 bits per heavy atom. The summed E-state index contributed by atoms with van der Waals surface area (Å²) in [6.45, 7) is 9.13. The van der Waals surface area contributed by atoms with Crippen LogP contribution >= 0.6 is 15.9 Å². The molecule has 7 nitrogen and oxygen atoms in total. The molecular weight excluding hydrogens is 464 g/mol. The molecule has 2 aromatic rings. The van der Waals surface area contributed by atoms with Gasteiger partial charge in [0.2, 0.25) is 0 Å². The van der Waals surface area contributed by atoms with Crippen LogP contribution in [0.4, 0.5) is 0 Å². The van der Waals surface area contributed by atoms with Crippen LogP contribution in [-0.4, -0.2) is 35.7 Å². The van der Waals surface area contributed by atoms with Crippen molar-refractivity contribution in [3.05, 3.63) is 57.6 Å². The number of hydrogen-bond donors (Lipinski definition) is 3. The summed E-state index contributed by atoms with van der Waals surface area (Å²) < 4.78 is 12.2. The molecule has 3 N–H and O–H groups in total. The van der Waals surface area contributed by atoms with E-state index in [-0.39, 0.29) is 23.6 Å². The monoisotopic (exact) mass is 492 g/mol. The van der Waals surface area contributed by atoms with Gasteiger partial charge in [-0.3, -0.25) is 4.79 Å². The molecule has 0 aliphatic carbocycles. The van der Waals surface area contributed by atoms with Gasteiger partial charge in [-0.2, -0.15) is 0 Å². The minimum absolute atomic E-state index is 0.103. The second kappa shape index (κ2) is 11.2. The maximum Gasteiger partial charge on any atom is 0.335 e. The van der Waals surface area contributed by atoms with E-state index in [2.05, 4.69) is 26.6 Å². The van der Waals surface area contributed by atoms with Crippen LogP contribution < -0.4 is 20.1 Å². The first-order chi connectivity index (χ1) is 14.6. The van der Waals surface area contributed by atoms with E-state index in [1.807, 2.05) is 33.8 Å². The number of carbonyl (C=O) groups is 2. The van der Waals surface area contributed by atoms with E-state index in [9.17, 15) is 9.59 Å². The first-order valence-electron chi connectivity index (χ1n) is 10.0. The van der Waals surface area contributed by atoms with Gasteiger partial charge in [0.1, 0.15) is 0 Å². The molecule has 0 radical (unpaired) electrons. The molecule has 0 heterocycles. The van der Waals surface area contributed by atoms with Crippen LogP contribution in [0.1, 0.15) is 49.2 Å². The van der Waals surface area contributed by atoms with Crippen LogP contribution in [0.5, 0.6) is 11.5 Å². The van der Waals surface area contributed by atoms with Gasteiger partial charge in [0.15, 0.2) is 18.1 Å². The van der Waals surface area contributed by atoms with E-state index in [1.54, 1.807) is 30.3 Å². The second-order valence-electron chi connectivity index (χ2n) is 8.02. The smallest absolute Gasteiger partial charge is 0.335 e. The van der Waals surface area contributed by atoms with E-state index in [1.165, 1.54) is 0 Å². The lowest BCUT2D eigenvalue weighted by atomic mass is 10.1. The standard InChI is InChI=1S/C23H29BrN2O5/c1-5-30-19-10-17(13-25-12-15-6-8-16(9-7-15)22(28)29)18(24)11-20(19)31-14-21(27)26-23(2,3)4/h6-11,25H,5,12-14H2,1-4H3,(H,26,27)(H,28,29). The summed E-state index contributed by atoms with van der Waals surface area (Å²) in [5.41, 5.74) is 1.89. The third-order valence-electron chi connectivity index (χ3n) is 4.13. The topological polar surface area (TPSA) is 96.9 Å². The summed E-state index contributed by atoms with van der Waals surface area (Å²) in [5.74, 6) is -0.0847. The first kappa shape index (κ1) is 24.7. The van der Waals surface area contributed by atoms with E-state index in [0.29, 0.717) is 31.2 Å². The molecule has 2 aromatic carbocycles. The molecule has 0 spiro atoms. The van der Waals surface area contributed by atoms with Gasteiger partial charge in [0.25, 0.3) is 5.91 Å². The molecule has 2 rings (SSSR count). The molecule has 31 heavy (non-hydrogen) atoms. The Hall–Kier alpha value is -2.58. The number of amides is 1. The molecule has 168 valence electrons. The number of carboxylic acids is 1. The maximum absolute atomic E-state index is 12.1. The predicted molar refractivity (Wildman–Crippen MR) is 123 cm³/mol. The fraction of sp³-hybridized carbons (Fsp3) is 0.391. The Kier molecular flexibility index (Phi) is 8.88. The average molecular weight is 493 g/mol. The van der Waals surface area contributed by atoms with Crippen molar-refractivity contribution in [2.75, 3.05) is 13.2 Å². The van der Waals surface area contributed by atoms with Crippen LogP contribution in [0, 0.1) is 0 Å². The van der Waals surface area contributed by atoms with Crippen LogP contribution in [0.3, 0.4) is 0 Å². The van der Waals surface area contributed by atoms with Gasteiger partial charge >= 0.3 is 5.97 Å². The lowest BCUT2D eigenvalue weighted by molar-refractivity contribution is -0.124. The normalized spacial score (nSPS) is 11.1. The number of benzene rings is 2. The molecular formula is C23H29BrN2O5. The van der Waals surface area contributed by atoms with Crippen molar-refractivity contribution in [3.8, 4) is 11.5 Å². The van der Waals surface area contributed by atoms with E-state index >= 15 is 0 Å². The van der Waals surface area contributed by atoms with Crippen molar-refractivity contribution in [1.29, 1.82) is 0 Å². The highest BCUT2D eigenvalue weighted by atomic mass is 79.9. The average Bonchev–Trinajstić information content (AvgIpc) is 2.68. The molecule has 0 aromatic heterocycles. The fourth-order valence-electron chi connectivity index (χ4n) is 2.80. The summed E-state index contributed by atoms with van der Waals surface area (Å²) >= 11 is 3.56. The summed E-state index contributed by atoms with van der Waals surface area (Å²) in [4.78, 5) is 23.0. The number of rotatable bonds is 10. The molecule has 0 fully saturated rings. The molecule has 1 amide bonds. The quantitative estimate of drug-likeness (QED) is 0.461. The fourth-order valence-corrected chi connectivity index (χ4v) is 3.26. The Labute approximate surface area is 191 Å². The van der Waals surface area contributed by atoms with E-state index in [0.717, 1.165) is 15.6 Å². The number of nitrogens with one attached hydrogen (secondary N) is 2. The highest BCUT2D eigenvalue weighted by molar-refractivity contribution is 9.10. The zero-order valence-corrected chi connectivity index (χ0v) is 19.8. The minimum Gasteiger partial charge on any atom is -0.490 e. The molecule has 0 unspecified atom stereocenters. The third kappa shape index (κ3) is 8.22. The predicted octanol–water partition coefficient (Wildman–Crippen LogP) is 4.13. The first-order valence-corrected chi connectivity index (χ1v) is 10.8. The zero-order chi connectivity index (χ0) is 23.0. The van der Waals surface area contributed by atoms with Gasteiger partial charge in [-0.25, -0.2) is 4.79 Å². The maximum atomic E-state index is 12.1. The van der Waals surface area contributed by atoms with Gasteiger partial charge in [0.05, 0.1) is 12.2 Å². The number of carbonyl (C=O) groups excluding carboxylic acids is 1. The molecule has 0 saturated heterocycles. The van der Waals surface area contributed by atoms with Gasteiger partial charge in [0, 0.05) is 23.1 Å². The van der Waals surface area contributed by atoms with Gasteiger partial charge in [-0.1, -0.05) is 28.1 Å². The number of halogens is 1. The van der Waals surface area contributed by atoms with Crippen LogP contribution in [0.15, 0.2) is 40.9 Å². The van der Waals surface area contributed by atoms with Crippen molar-refractivity contribution in [2.24, 2.45) is 0 Å². The van der Waals surface area contributed by atoms with Crippen LogP contribution in [0.2, 0.25) is 0 Å². The highest BCUT2D eigenvalue weighted by Gasteiger charge is 2.16. The largest absolute Gasteiger partial charge is 0.490 e. The lowest BCUT2D eigenvalue weighted by Gasteiger charge is -2.21. The summed E-state index contributed by atoms with van der Waals surface area (Å²) in [7, 11) is 0. The van der Waals surface area contributed by atoms with Crippen molar-refractivity contribution < 1.29 is 24.2 Å². The van der Waals surface area contributed by atoms with Crippen molar-refractivity contribution in [2.45, 2.75) is 46.3 Å². The zero-order valence-electron chi connectivity index (χ0n) is 18.3. The Bertz CT molecular complexity index is 907. The van der Waals surface area contributed by atoms with Gasteiger partial charge < -0.3 is 25.2 Å². The molecule has 8 heteroatoms.